The maximum Gasteiger partial charge on any atom is 0.306 e. The molecule has 0 aromatic rings. The number of esters is 2. The molecule has 0 fully saturated rings. The molecular weight excluding hydrogens is 885 g/mol. The Morgan fingerprint density at radius 3 is 0.847 bits per heavy atom. The zero-order chi connectivity index (χ0) is 52.0. The van der Waals surface area contributed by atoms with Crippen molar-refractivity contribution in [2.45, 2.75) is 361 Å². The van der Waals surface area contributed by atoms with E-state index >= 15 is 0 Å². The zero-order valence-corrected chi connectivity index (χ0v) is 49.0. The number of allylic oxidation sites excluding steroid dienone is 6. The van der Waals surface area contributed by atoms with Gasteiger partial charge in [-0.3, -0.25) is 9.59 Å². The normalized spacial score (nSPS) is 12.3. The Kier molecular flexibility index (Phi) is 61.8. The summed E-state index contributed by atoms with van der Waals surface area (Å²) in [6, 6.07) is 0. The van der Waals surface area contributed by atoms with Gasteiger partial charge in [-0.1, -0.05) is 282 Å². The van der Waals surface area contributed by atoms with Crippen molar-refractivity contribution in [1.82, 2.24) is 0 Å². The van der Waals surface area contributed by atoms with E-state index in [1.807, 2.05) is 0 Å². The van der Waals surface area contributed by atoms with Crippen molar-refractivity contribution in [2.75, 3.05) is 19.8 Å². The predicted molar refractivity (Wildman–Crippen MR) is 316 cm³/mol. The third kappa shape index (κ3) is 60.7. The predicted octanol–water partition coefficient (Wildman–Crippen LogP) is 22.5. The second-order valence-corrected chi connectivity index (χ2v) is 22.0. The summed E-state index contributed by atoms with van der Waals surface area (Å²) in [5.74, 6) is -0.383. The number of rotatable bonds is 61. The summed E-state index contributed by atoms with van der Waals surface area (Å²) in [4.78, 5) is 25.6. The third-order valence-corrected chi connectivity index (χ3v) is 14.6. The van der Waals surface area contributed by atoms with Crippen molar-refractivity contribution in [3.05, 3.63) is 36.5 Å². The van der Waals surface area contributed by atoms with E-state index in [1.165, 1.54) is 283 Å². The van der Waals surface area contributed by atoms with Crippen LogP contribution in [0.1, 0.15) is 355 Å². The SMILES string of the molecule is CCCCCCCC/C=C\CCCCCCCCCCCCOCC(COC(=O)CCCCCCCCCCC/C=C\CCCCCCCC)OC(=O)CCCCCCCCC/C=C\CCCCCCCC. The summed E-state index contributed by atoms with van der Waals surface area (Å²) in [7, 11) is 0. The first-order chi connectivity index (χ1) is 35.6. The molecule has 0 aliphatic carbocycles. The minimum Gasteiger partial charge on any atom is -0.462 e. The van der Waals surface area contributed by atoms with Gasteiger partial charge in [0, 0.05) is 19.4 Å². The molecule has 0 heterocycles. The molecule has 0 radical (unpaired) electrons. The average molecular weight is 1010 g/mol. The van der Waals surface area contributed by atoms with Gasteiger partial charge >= 0.3 is 11.9 Å². The molecular formula is C67H126O5. The molecule has 1 unspecified atom stereocenters. The van der Waals surface area contributed by atoms with Crippen molar-refractivity contribution < 1.29 is 23.8 Å². The fourth-order valence-corrected chi connectivity index (χ4v) is 9.73. The lowest BCUT2D eigenvalue weighted by atomic mass is 10.1. The summed E-state index contributed by atoms with van der Waals surface area (Å²) in [5.41, 5.74) is 0. The van der Waals surface area contributed by atoms with Crippen LogP contribution in [0.4, 0.5) is 0 Å². The molecule has 0 rings (SSSR count). The van der Waals surface area contributed by atoms with Crippen LogP contribution in [-0.4, -0.2) is 37.9 Å². The maximum absolute atomic E-state index is 12.9. The van der Waals surface area contributed by atoms with Gasteiger partial charge in [0.1, 0.15) is 6.61 Å². The van der Waals surface area contributed by atoms with Gasteiger partial charge in [0.2, 0.25) is 0 Å². The lowest BCUT2D eigenvalue weighted by Gasteiger charge is -2.18. The highest BCUT2D eigenvalue weighted by atomic mass is 16.6. The number of hydrogen-bond donors (Lipinski definition) is 0. The molecule has 0 aromatic heterocycles. The minimum absolute atomic E-state index is 0.0870. The van der Waals surface area contributed by atoms with E-state index in [0.717, 1.165) is 38.5 Å². The Bertz CT molecular complexity index is 1140. The van der Waals surface area contributed by atoms with Crippen LogP contribution in [-0.2, 0) is 23.8 Å². The first kappa shape index (κ1) is 70.1. The van der Waals surface area contributed by atoms with E-state index in [2.05, 4.69) is 57.2 Å². The molecule has 72 heavy (non-hydrogen) atoms. The Balaban J connectivity index is 4.24. The monoisotopic (exact) mass is 1010 g/mol. The zero-order valence-electron chi connectivity index (χ0n) is 49.0. The van der Waals surface area contributed by atoms with Gasteiger partial charge in [0.15, 0.2) is 6.10 Å². The van der Waals surface area contributed by atoms with Gasteiger partial charge in [-0.15, -0.1) is 0 Å². The molecule has 0 spiro atoms. The van der Waals surface area contributed by atoms with Gasteiger partial charge in [0.25, 0.3) is 0 Å². The van der Waals surface area contributed by atoms with E-state index in [0.29, 0.717) is 19.4 Å². The second kappa shape index (κ2) is 63.4. The quantitative estimate of drug-likeness (QED) is 0.0345. The molecule has 0 bridgehead atoms. The van der Waals surface area contributed by atoms with Crippen LogP contribution in [0.25, 0.3) is 0 Å². The second-order valence-electron chi connectivity index (χ2n) is 22.0. The van der Waals surface area contributed by atoms with Crippen LogP contribution in [0.3, 0.4) is 0 Å². The summed E-state index contributed by atoms with van der Waals surface area (Å²) in [6.07, 6.45) is 79.0. The molecule has 0 saturated heterocycles. The average Bonchev–Trinajstić information content (AvgIpc) is 3.38. The van der Waals surface area contributed by atoms with Crippen molar-refractivity contribution in [1.29, 1.82) is 0 Å². The number of hydrogen-bond acceptors (Lipinski definition) is 5. The molecule has 5 heteroatoms. The van der Waals surface area contributed by atoms with Crippen molar-refractivity contribution in [2.24, 2.45) is 0 Å². The van der Waals surface area contributed by atoms with E-state index in [4.69, 9.17) is 14.2 Å². The van der Waals surface area contributed by atoms with Crippen LogP contribution in [0, 0.1) is 0 Å². The van der Waals surface area contributed by atoms with Crippen LogP contribution in [0.2, 0.25) is 0 Å². The molecule has 0 N–H and O–H groups in total. The van der Waals surface area contributed by atoms with E-state index in [9.17, 15) is 9.59 Å². The first-order valence-electron chi connectivity index (χ1n) is 32.5. The Labute approximate surface area is 450 Å². The standard InChI is InChI=1S/C67H126O5/c1-4-7-10-13-16-19-22-25-28-31-33-35-38-41-44-47-50-53-56-59-62-70-63-65(72-67(69)61-58-55-52-49-46-43-40-36-30-27-24-21-18-15-12-9-6-3)64-71-66(68)60-57-54-51-48-45-42-39-37-34-32-29-26-23-20-17-14-11-8-5-2/h25-30,65H,4-24,31-64H2,1-3H3/b28-25-,29-26-,30-27-. The molecule has 424 valence electrons. The first-order valence-corrected chi connectivity index (χ1v) is 32.5. The van der Waals surface area contributed by atoms with Gasteiger partial charge in [-0.25, -0.2) is 0 Å². The minimum atomic E-state index is -0.538. The lowest BCUT2D eigenvalue weighted by molar-refractivity contribution is -0.163. The molecule has 1 atom stereocenters. The smallest absolute Gasteiger partial charge is 0.306 e. The van der Waals surface area contributed by atoms with Crippen LogP contribution in [0.15, 0.2) is 36.5 Å². The molecule has 0 aromatic carbocycles. The molecule has 0 saturated carbocycles. The van der Waals surface area contributed by atoms with Crippen molar-refractivity contribution in [3.8, 4) is 0 Å². The Hall–Kier alpha value is -1.88. The Morgan fingerprint density at radius 2 is 0.542 bits per heavy atom. The van der Waals surface area contributed by atoms with Crippen LogP contribution >= 0.6 is 0 Å². The van der Waals surface area contributed by atoms with Gasteiger partial charge in [-0.05, 0) is 96.3 Å². The lowest BCUT2D eigenvalue weighted by Crippen LogP contribution is -2.30. The highest BCUT2D eigenvalue weighted by Gasteiger charge is 2.18. The number of carbonyl (C=O) groups is 2. The number of ether oxygens (including phenoxy) is 3. The number of carbonyl (C=O) groups excluding carboxylic acids is 2. The molecule has 0 aliphatic rings. The summed E-state index contributed by atoms with van der Waals surface area (Å²) >= 11 is 0. The van der Waals surface area contributed by atoms with Crippen molar-refractivity contribution >= 4 is 11.9 Å². The summed E-state index contributed by atoms with van der Waals surface area (Å²) in [5, 5.41) is 0. The van der Waals surface area contributed by atoms with Crippen molar-refractivity contribution in [3.63, 3.8) is 0 Å². The largest absolute Gasteiger partial charge is 0.462 e. The fourth-order valence-electron chi connectivity index (χ4n) is 9.73. The topological polar surface area (TPSA) is 61.8 Å². The van der Waals surface area contributed by atoms with Crippen LogP contribution in [0.5, 0.6) is 0 Å². The van der Waals surface area contributed by atoms with E-state index < -0.39 is 6.10 Å². The fraction of sp³-hybridized carbons (Fsp3) is 0.881. The highest BCUT2D eigenvalue weighted by Crippen LogP contribution is 2.17. The van der Waals surface area contributed by atoms with Gasteiger partial charge in [-0.2, -0.15) is 0 Å². The molecule has 0 amide bonds. The maximum atomic E-state index is 12.9. The third-order valence-electron chi connectivity index (χ3n) is 14.6. The van der Waals surface area contributed by atoms with Gasteiger partial charge in [0.05, 0.1) is 6.61 Å². The molecule has 0 aliphatic heterocycles. The van der Waals surface area contributed by atoms with E-state index in [1.54, 1.807) is 0 Å². The molecule has 5 nitrogen and oxygen atoms in total. The summed E-state index contributed by atoms with van der Waals surface area (Å²) < 4.78 is 17.6. The Morgan fingerprint density at radius 1 is 0.292 bits per heavy atom. The highest BCUT2D eigenvalue weighted by molar-refractivity contribution is 5.70. The summed E-state index contributed by atoms with van der Waals surface area (Å²) in [6.45, 7) is 7.88. The van der Waals surface area contributed by atoms with Crippen LogP contribution < -0.4 is 0 Å². The van der Waals surface area contributed by atoms with E-state index in [-0.39, 0.29) is 25.2 Å². The number of unbranched alkanes of at least 4 members (excludes halogenated alkanes) is 44. The van der Waals surface area contributed by atoms with Gasteiger partial charge < -0.3 is 14.2 Å².